The minimum Gasteiger partial charge on any atom is -0.381 e. The topological polar surface area (TPSA) is 63.6 Å². The molecule has 0 spiro atoms. The van der Waals surface area contributed by atoms with Crippen LogP contribution in [0, 0.1) is 5.82 Å². The molecule has 0 saturated carbocycles. The number of aromatic nitrogens is 1. The highest BCUT2D eigenvalue weighted by molar-refractivity contribution is 5.95. The Morgan fingerprint density at radius 2 is 2.25 bits per heavy atom. The van der Waals surface area contributed by atoms with E-state index in [0.717, 1.165) is 6.20 Å². The molecule has 4 nitrogen and oxygen atoms in total. The number of halogens is 2. The monoisotopic (exact) mass is 278 g/mol. The number of pyridine rings is 1. The lowest BCUT2D eigenvalue weighted by Gasteiger charge is -2.06. The Morgan fingerprint density at radius 1 is 1.55 bits per heavy atom. The number of rotatable bonds is 5. The second kappa shape index (κ2) is 7.28. The van der Waals surface area contributed by atoms with E-state index < -0.39 is 11.6 Å². The summed E-state index contributed by atoms with van der Waals surface area (Å²) in [5, 5.41) is 0. The Kier molecular flexibility index (Phi) is 5.71. The van der Waals surface area contributed by atoms with Crippen molar-refractivity contribution in [3.05, 3.63) is 53.5 Å². The van der Waals surface area contributed by atoms with Gasteiger partial charge in [-0.2, -0.15) is 0 Å². The zero-order chi connectivity index (χ0) is 15.1. The smallest absolute Gasteiger partial charge is 0.160 e. The molecule has 0 aliphatic carbocycles. The molecule has 106 valence electrons. The molecule has 0 aliphatic heterocycles. The quantitative estimate of drug-likeness (QED) is 0.664. The van der Waals surface area contributed by atoms with Gasteiger partial charge in [0.1, 0.15) is 5.82 Å². The first-order valence-electron chi connectivity index (χ1n) is 5.88. The third-order valence-electron chi connectivity index (χ3n) is 2.39. The van der Waals surface area contributed by atoms with Crippen LogP contribution in [0.4, 0.5) is 8.78 Å². The predicted molar refractivity (Wildman–Crippen MR) is 77.0 cm³/mol. The summed E-state index contributed by atoms with van der Waals surface area (Å²) in [5.41, 5.74) is 6.81. The minimum atomic E-state index is -0.626. The molecule has 1 rings (SSSR count). The number of nitrogens with two attached hydrogens (primary N) is 1. The fourth-order valence-corrected chi connectivity index (χ4v) is 1.50. The van der Waals surface area contributed by atoms with Gasteiger partial charge in [-0.15, -0.1) is 0 Å². The van der Waals surface area contributed by atoms with E-state index in [2.05, 4.69) is 21.5 Å². The van der Waals surface area contributed by atoms with E-state index >= 15 is 0 Å². The Labute approximate surface area is 116 Å². The van der Waals surface area contributed by atoms with Crippen molar-refractivity contribution >= 4 is 12.1 Å². The lowest BCUT2D eigenvalue weighted by Crippen LogP contribution is -2.13. The van der Waals surface area contributed by atoms with Crippen molar-refractivity contribution in [3.8, 4) is 0 Å². The molecule has 0 aromatic carbocycles. The normalized spacial score (nSPS) is 13.0. The molecule has 0 saturated heterocycles. The van der Waals surface area contributed by atoms with Crippen LogP contribution in [-0.2, 0) is 6.42 Å². The maximum atomic E-state index is 13.2. The van der Waals surface area contributed by atoms with Crippen LogP contribution in [0.15, 0.2) is 46.4 Å². The van der Waals surface area contributed by atoms with Crippen LogP contribution in [0.2, 0.25) is 0 Å². The largest absolute Gasteiger partial charge is 0.381 e. The van der Waals surface area contributed by atoms with Crippen LogP contribution in [0.5, 0.6) is 0 Å². The zero-order valence-electron chi connectivity index (χ0n) is 11.4. The van der Waals surface area contributed by atoms with Crippen molar-refractivity contribution in [2.24, 2.45) is 15.7 Å². The summed E-state index contributed by atoms with van der Waals surface area (Å²) in [6, 6.07) is 1.31. The standard InChI is InChI=1S/C14H16F2N4/c1-4-12(16)14(17)20-9(2)5-10-6-11(15)7-19-13(10)8-18-3/h4,6-8H,2,5H2,1,3H3,(H2,17,20)/b12-4+,18-8?. The van der Waals surface area contributed by atoms with Gasteiger partial charge in [-0.05, 0) is 24.6 Å². The van der Waals surface area contributed by atoms with E-state index in [1.807, 2.05) is 0 Å². The third kappa shape index (κ3) is 4.38. The molecule has 0 unspecified atom stereocenters. The first-order valence-corrected chi connectivity index (χ1v) is 5.88. The predicted octanol–water partition coefficient (Wildman–Crippen LogP) is 2.56. The number of allylic oxidation sites excluding steroid dienone is 2. The molecule has 1 aromatic heterocycles. The van der Waals surface area contributed by atoms with Crippen molar-refractivity contribution in [1.29, 1.82) is 0 Å². The van der Waals surface area contributed by atoms with Crippen molar-refractivity contribution in [1.82, 2.24) is 4.98 Å². The minimum absolute atomic E-state index is 0.198. The number of amidine groups is 1. The molecule has 6 heteroatoms. The molecule has 1 heterocycles. The number of hydrogen-bond acceptors (Lipinski definition) is 3. The number of aliphatic imine (C=N–C) groups is 2. The number of hydrogen-bond donors (Lipinski definition) is 1. The highest BCUT2D eigenvalue weighted by atomic mass is 19.1. The Balaban J connectivity index is 2.99. The van der Waals surface area contributed by atoms with E-state index in [1.165, 1.54) is 25.3 Å². The zero-order valence-corrected chi connectivity index (χ0v) is 11.4. The van der Waals surface area contributed by atoms with E-state index in [4.69, 9.17) is 5.73 Å². The van der Waals surface area contributed by atoms with Crippen molar-refractivity contribution < 1.29 is 8.78 Å². The molecular weight excluding hydrogens is 262 g/mol. The van der Waals surface area contributed by atoms with Crippen molar-refractivity contribution in [2.45, 2.75) is 13.3 Å². The van der Waals surface area contributed by atoms with Gasteiger partial charge in [0.2, 0.25) is 0 Å². The first kappa shape index (κ1) is 15.7. The molecule has 0 amide bonds. The molecule has 1 aromatic rings. The van der Waals surface area contributed by atoms with Crippen LogP contribution < -0.4 is 5.73 Å². The van der Waals surface area contributed by atoms with Gasteiger partial charge in [0.15, 0.2) is 11.7 Å². The van der Waals surface area contributed by atoms with Gasteiger partial charge in [0.25, 0.3) is 0 Å². The van der Waals surface area contributed by atoms with E-state index in [-0.39, 0.29) is 12.3 Å². The molecule has 0 atom stereocenters. The summed E-state index contributed by atoms with van der Waals surface area (Å²) in [7, 11) is 1.58. The fourth-order valence-electron chi connectivity index (χ4n) is 1.50. The van der Waals surface area contributed by atoms with Crippen molar-refractivity contribution in [2.75, 3.05) is 7.05 Å². The van der Waals surface area contributed by atoms with Gasteiger partial charge in [0.05, 0.1) is 11.9 Å². The van der Waals surface area contributed by atoms with Crippen LogP contribution in [0.25, 0.3) is 0 Å². The van der Waals surface area contributed by atoms with E-state index in [9.17, 15) is 8.78 Å². The maximum absolute atomic E-state index is 13.2. The van der Waals surface area contributed by atoms with Crippen LogP contribution >= 0.6 is 0 Å². The Morgan fingerprint density at radius 3 is 2.85 bits per heavy atom. The summed E-state index contributed by atoms with van der Waals surface area (Å²) in [6.07, 6.45) is 4.00. The lowest BCUT2D eigenvalue weighted by molar-refractivity contribution is 0.618. The summed E-state index contributed by atoms with van der Waals surface area (Å²) >= 11 is 0. The summed E-state index contributed by atoms with van der Waals surface area (Å²) in [4.78, 5) is 11.6. The first-order chi connectivity index (χ1) is 9.47. The summed E-state index contributed by atoms with van der Waals surface area (Å²) in [5.74, 6) is -1.36. The van der Waals surface area contributed by atoms with Gasteiger partial charge < -0.3 is 5.73 Å². The molecule has 0 bridgehead atoms. The Hall–Kier alpha value is -2.37. The average Bonchev–Trinajstić information content (AvgIpc) is 2.40. The SMILES string of the molecule is C=C(Cc1cc(F)cnc1C=NC)N=C(N)/C(F)=C\C. The summed E-state index contributed by atoms with van der Waals surface area (Å²) < 4.78 is 26.4. The lowest BCUT2D eigenvalue weighted by atomic mass is 10.1. The molecule has 0 fully saturated rings. The van der Waals surface area contributed by atoms with Crippen LogP contribution in [0.1, 0.15) is 18.2 Å². The second-order valence-corrected chi connectivity index (χ2v) is 3.96. The average molecular weight is 278 g/mol. The second-order valence-electron chi connectivity index (χ2n) is 3.96. The molecular formula is C14H16F2N4. The van der Waals surface area contributed by atoms with Crippen LogP contribution in [0.3, 0.4) is 0 Å². The molecule has 0 radical (unpaired) electrons. The third-order valence-corrected chi connectivity index (χ3v) is 2.39. The van der Waals surface area contributed by atoms with Crippen LogP contribution in [-0.4, -0.2) is 24.1 Å². The molecule has 2 N–H and O–H groups in total. The Bertz CT molecular complexity index is 589. The van der Waals surface area contributed by atoms with E-state index in [1.54, 1.807) is 7.05 Å². The van der Waals surface area contributed by atoms with Gasteiger partial charge in [-0.3, -0.25) is 9.98 Å². The van der Waals surface area contributed by atoms with Gasteiger partial charge in [-0.25, -0.2) is 13.8 Å². The summed E-state index contributed by atoms with van der Waals surface area (Å²) in [6.45, 7) is 5.19. The number of nitrogens with zero attached hydrogens (tertiary/aromatic N) is 3. The highest BCUT2D eigenvalue weighted by Crippen LogP contribution is 2.13. The molecule has 20 heavy (non-hydrogen) atoms. The fraction of sp³-hybridized carbons (Fsp3) is 0.214. The highest BCUT2D eigenvalue weighted by Gasteiger charge is 2.07. The molecule has 0 aliphatic rings. The van der Waals surface area contributed by atoms with Gasteiger partial charge >= 0.3 is 0 Å². The van der Waals surface area contributed by atoms with Gasteiger partial charge in [0, 0.05) is 25.4 Å². The van der Waals surface area contributed by atoms with E-state index in [0.29, 0.717) is 17.0 Å². The van der Waals surface area contributed by atoms with Crippen molar-refractivity contribution in [3.63, 3.8) is 0 Å². The van der Waals surface area contributed by atoms with Gasteiger partial charge in [-0.1, -0.05) is 6.58 Å². The maximum Gasteiger partial charge on any atom is 0.160 e.